The Morgan fingerprint density at radius 1 is 1.25 bits per heavy atom. The number of hydrogen-bond donors (Lipinski definition) is 0. The lowest BCUT2D eigenvalue weighted by Gasteiger charge is -2.24. The van der Waals surface area contributed by atoms with Gasteiger partial charge in [-0.25, -0.2) is 4.98 Å². The van der Waals surface area contributed by atoms with Gasteiger partial charge in [-0.3, -0.25) is 4.90 Å². The monoisotopic (exact) mass is 290 g/mol. The van der Waals surface area contributed by atoms with Crippen molar-refractivity contribution >= 4 is 16.5 Å². The second-order valence-corrected chi connectivity index (χ2v) is 6.64. The molecular weight excluding hydrogens is 272 g/mol. The zero-order valence-electron chi connectivity index (χ0n) is 11.4. The molecule has 0 spiro atoms. The maximum atomic E-state index is 5.04. The van der Waals surface area contributed by atoms with Crippen molar-refractivity contribution < 1.29 is 4.52 Å². The molecule has 0 atom stereocenters. The average molecular weight is 290 g/mol. The predicted octanol–water partition coefficient (Wildman–Crippen LogP) is 2.29. The van der Waals surface area contributed by atoms with Crippen LogP contribution in [0.2, 0.25) is 0 Å². The summed E-state index contributed by atoms with van der Waals surface area (Å²) < 4.78 is 5.04. The quantitative estimate of drug-likeness (QED) is 0.868. The Kier molecular flexibility index (Phi) is 3.20. The Balaban J connectivity index is 1.42. The van der Waals surface area contributed by atoms with E-state index in [9.17, 15) is 0 Å². The fraction of sp³-hybridized carbons (Fsp3) is 0.571. The highest BCUT2D eigenvalue weighted by molar-refractivity contribution is 7.15. The SMILES string of the molecule is c1nc(N2CCCC2)sc1CN1CCc2nocc2C1. The van der Waals surface area contributed by atoms with Crippen LogP contribution in [0.15, 0.2) is 17.0 Å². The maximum absolute atomic E-state index is 5.04. The zero-order chi connectivity index (χ0) is 13.4. The van der Waals surface area contributed by atoms with Crippen LogP contribution in [0.5, 0.6) is 0 Å². The molecule has 106 valence electrons. The summed E-state index contributed by atoms with van der Waals surface area (Å²) in [7, 11) is 0. The summed E-state index contributed by atoms with van der Waals surface area (Å²) in [4.78, 5) is 10.8. The van der Waals surface area contributed by atoms with E-state index < -0.39 is 0 Å². The lowest BCUT2D eigenvalue weighted by atomic mass is 10.1. The number of nitrogens with zero attached hydrogens (tertiary/aromatic N) is 4. The predicted molar refractivity (Wildman–Crippen MR) is 77.9 cm³/mol. The van der Waals surface area contributed by atoms with Crippen molar-refractivity contribution in [2.75, 3.05) is 24.5 Å². The van der Waals surface area contributed by atoms with Gasteiger partial charge in [0, 0.05) is 55.8 Å². The van der Waals surface area contributed by atoms with Crippen molar-refractivity contribution in [3.05, 3.63) is 28.6 Å². The maximum Gasteiger partial charge on any atom is 0.185 e. The van der Waals surface area contributed by atoms with Crippen LogP contribution < -0.4 is 4.90 Å². The molecule has 0 bridgehead atoms. The Bertz CT molecular complexity index is 588. The van der Waals surface area contributed by atoms with Gasteiger partial charge in [-0.15, -0.1) is 11.3 Å². The van der Waals surface area contributed by atoms with Gasteiger partial charge < -0.3 is 9.42 Å². The number of rotatable bonds is 3. The van der Waals surface area contributed by atoms with Gasteiger partial charge in [0.25, 0.3) is 0 Å². The molecule has 2 aliphatic heterocycles. The fourth-order valence-corrected chi connectivity index (χ4v) is 3.98. The molecular formula is C14H18N4OS. The second kappa shape index (κ2) is 5.18. The second-order valence-electron chi connectivity index (χ2n) is 5.55. The highest BCUT2D eigenvalue weighted by atomic mass is 32.1. The molecule has 6 heteroatoms. The third-order valence-corrected chi connectivity index (χ3v) is 5.13. The molecule has 4 rings (SSSR count). The van der Waals surface area contributed by atoms with Crippen LogP contribution in [-0.4, -0.2) is 34.7 Å². The summed E-state index contributed by atoms with van der Waals surface area (Å²) in [5.41, 5.74) is 2.36. The number of fused-ring (bicyclic) bond motifs is 1. The average Bonchev–Trinajstić information content (AvgIpc) is 3.19. The van der Waals surface area contributed by atoms with E-state index in [2.05, 4.69) is 19.9 Å². The first kappa shape index (κ1) is 12.3. The van der Waals surface area contributed by atoms with E-state index >= 15 is 0 Å². The van der Waals surface area contributed by atoms with Crippen molar-refractivity contribution in [3.8, 4) is 0 Å². The Morgan fingerprint density at radius 3 is 3.05 bits per heavy atom. The van der Waals surface area contributed by atoms with Gasteiger partial charge in [0.2, 0.25) is 0 Å². The molecule has 0 radical (unpaired) electrons. The summed E-state index contributed by atoms with van der Waals surface area (Å²) >= 11 is 1.84. The van der Waals surface area contributed by atoms with Gasteiger partial charge in [-0.05, 0) is 12.8 Å². The van der Waals surface area contributed by atoms with Crippen LogP contribution in [0.3, 0.4) is 0 Å². The van der Waals surface area contributed by atoms with Crippen molar-refractivity contribution in [2.45, 2.75) is 32.4 Å². The van der Waals surface area contributed by atoms with E-state index in [1.807, 2.05) is 17.5 Å². The summed E-state index contributed by atoms with van der Waals surface area (Å²) in [6, 6.07) is 0. The zero-order valence-corrected chi connectivity index (χ0v) is 12.2. The van der Waals surface area contributed by atoms with Crippen LogP contribution in [-0.2, 0) is 19.5 Å². The van der Waals surface area contributed by atoms with Crippen LogP contribution >= 0.6 is 11.3 Å². The first-order valence-corrected chi connectivity index (χ1v) is 8.04. The molecule has 5 nitrogen and oxygen atoms in total. The molecule has 2 aromatic heterocycles. The van der Waals surface area contributed by atoms with Crippen LogP contribution in [0.4, 0.5) is 5.13 Å². The Labute approximate surface area is 122 Å². The summed E-state index contributed by atoms with van der Waals surface area (Å²) in [5, 5.41) is 5.23. The largest absolute Gasteiger partial charge is 0.364 e. The molecule has 4 heterocycles. The van der Waals surface area contributed by atoms with Gasteiger partial charge >= 0.3 is 0 Å². The van der Waals surface area contributed by atoms with Crippen molar-refractivity contribution in [3.63, 3.8) is 0 Å². The molecule has 0 amide bonds. The van der Waals surface area contributed by atoms with Gasteiger partial charge in [-0.1, -0.05) is 5.16 Å². The third kappa shape index (κ3) is 2.33. The molecule has 0 N–H and O–H groups in total. The smallest absolute Gasteiger partial charge is 0.185 e. The van der Waals surface area contributed by atoms with E-state index in [4.69, 9.17) is 4.52 Å². The summed E-state index contributed by atoms with van der Waals surface area (Å²) in [6.07, 6.45) is 7.42. The first-order chi connectivity index (χ1) is 9.88. The summed E-state index contributed by atoms with van der Waals surface area (Å²) in [6.45, 7) is 5.31. The van der Waals surface area contributed by atoms with Gasteiger partial charge in [0.15, 0.2) is 5.13 Å². The van der Waals surface area contributed by atoms with E-state index in [0.29, 0.717) is 0 Å². The number of hydrogen-bond acceptors (Lipinski definition) is 6. The minimum absolute atomic E-state index is 0.940. The molecule has 20 heavy (non-hydrogen) atoms. The van der Waals surface area contributed by atoms with E-state index in [1.165, 1.54) is 41.5 Å². The topological polar surface area (TPSA) is 45.4 Å². The molecule has 0 aromatic carbocycles. The fourth-order valence-electron chi connectivity index (χ4n) is 2.98. The molecule has 0 saturated carbocycles. The molecule has 2 aliphatic rings. The molecule has 1 fully saturated rings. The van der Waals surface area contributed by atoms with Gasteiger partial charge in [0.1, 0.15) is 6.26 Å². The molecule has 1 saturated heterocycles. The van der Waals surface area contributed by atoms with Crippen LogP contribution in [0.25, 0.3) is 0 Å². The van der Waals surface area contributed by atoms with Gasteiger partial charge in [-0.2, -0.15) is 0 Å². The number of aromatic nitrogens is 2. The molecule has 2 aromatic rings. The Hall–Kier alpha value is -1.40. The number of thiazole rings is 1. The van der Waals surface area contributed by atoms with Gasteiger partial charge in [0.05, 0.1) is 5.69 Å². The van der Waals surface area contributed by atoms with Crippen molar-refractivity contribution in [1.82, 2.24) is 15.0 Å². The van der Waals surface area contributed by atoms with E-state index in [1.54, 1.807) is 6.26 Å². The highest BCUT2D eigenvalue weighted by Gasteiger charge is 2.21. The van der Waals surface area contributed by atoms with Crippen LogP contribution in [0.1, 0.15) is 29.0 Å². The lowest BCUT2D eigenvalue weighted by molar-refractivity contribution is 0.246. The normalized spacial score (nSPS) is 19.5. The standard InChI is InChI=1S/C14H18N4OS/c1-2-5-18(4-1)14-15-7-12(20-14)9-17-6-3-13-11(8-17)10-19-16-13/h7,10H,1-6,8-9H2. The minimum atomic E-state index is 0.940. The van der Waals surface area contributed by atoms with E-state index in [-0.39, 0.29) is 0 Å². The van der Waals surface area contributed by atoms with Crippen molar-refractivity contribution in [1.29, 1.82) is 0 Å². The Morgan fingerprint density at radius 2 is 2.15 bits per heavy atom. The minimum Gasteiger partial charge on any atom is -0.364 e. The highest BCUT2D eigenvalue weighted by Crippen LogP contribution is 2.28. The summed E-state index contributed by atoms with van der Waals surface area (Å²) in [5.74, 6) is 0. The molecule has 0 aliphatic carbocycles. The third-order valence-electron chi connectivity index (χ3n) is 4.08. The first-order valence-electron chi connectivity index (χ1n) is 7.22. The van der Waals surface area contributed by atoms with Crippen molar-refractivity contribution in [2.24, 2.45) is 0 Å². The lowest BCUT2D eigenvalue weighted by Crippen LogP contribution is -2.29. The van der Waals surface area contributed by atoms with Crippen LogP contribution in [0, 0.1) is 0 Å². The van der Waals surface area contributed by atoms with E-state index in [0.717, 1.165) is 31.7 Å². The number of anilines is 1. The molecule has 0 unspecified atom stereocenters.